The molecule has 0 aromatic carbocycles. The van der Waals surface area contributed by atoms with Crippen molar-refractivity contribution in [3.8, 4) is 0 Å². The Morgan fingerprint density at radius 2 is 2.00 bits per heavy atom. The molecule has 1 aromatic heterocycles. The summed E-state index contributed by atoms with van der Waals surface area (Å²) in [5.41, 5.74) is 0.00600. The third-order valence-electron chi connectivity index (χ3n) is 4.08. The Morgan fingerprint density at radius 1 is 1.29 bits per heavy atom. The van der Waals surface area contributed by atoms with Gasteiger partial charge in [-0.1, -0.05) is 20.8 Å². The summed E-state index contributed by atoms with van der Waals surface area (Å²) in [6.45, 7) is 16.4. The van der Waals surface area contributed by atoms with Crippen LogP contribution in [0.25, 0.3) is 0 Å². The van der Waals surface area contributed by atoms with Crippen LogP contribution in [0.5, 0.6) is 0 Å². The van der Waals surface area contributed by atoms with E-state index in [1.165, 1.54) is 0 Å². The second kappa shape index (κ2) is 7.40. The number of nitrogens with zero attached hydrogens (tertiary/aromatic N) is 4. The Bertz CT molecular complexity index is 534. The van der Waals surface area contributed by atoms with E-state index in [9.17, 15) is 0 Å². The van der Waals surface area contributed by atoms with Crippen LogP contribution in [-0.4, -0.2) is 53.3 Å². The molecule has 0 saturated carbocycles. The standard InChI is InChI=1S/C18H34N4O2/c1-14-12-21(13-18(5,6)24-14)16-20-19-15(11-17(2,3)4)22(16)9-8-10-23-7/h14H,8-13H2,1-7H3/t14-/m0/s1. The van der Waals surface area contributed by atoms with Gasteiger partial charge >= 0.3 is 0 Å². The van der Waals surface area contributed by atoms with Crippen LogP contribution in [0, 0.1) is 5.41 Å². The Labute approximate surface area is 146 Å². The van der Waals surface area contributed by atoms with E-state index >= 15 is 0 Å². The van der Waals surface area contributed by atoms with Crippen LogP contribution in [0.4, 0.5) is 5.95 Å². The van der Waals surface area contributed by atoms with Crippen LogP contribution in [0.2, 0.25) is 0 Å². The lowest BCUT2D eigenvalue weighted by Crippen LogP contribution is -2.52. The van der Waals surface area contributed by atoms with Crippen molar-refractivity contribution in [1.82, 2.24) is 14.8 Å². The maximum atomic E-state index is 6.03. The molecule has 1 aliphatic heterocycles. The van der Waals surface area contributed by atoms with Crippen LogP contribution < -0.4 is 4.90 Å². The smallest absolute Gasteiger partial charge is 0.227 e. The minimum Gasteiger partial charge on any atom is -0.385 e. The largest absolute Gasteiger partial charge is 0.385 e. The molecule has 24 heavy (non-hydrogen) atoms. The fourth-order valence-corrected chi connectivity index (χ4v) is 3.37. The van der Waals surface area contributed by atoms with Gasteiger partial charge in [-0.3, -0.25) is 4.57 Å². The third kappa shape index (κ3) is 5.18. The van der Waals surface area contributed by atoms with Gasteiger partial charge < -0.3 is 14.4 Å². The van der Waals surface area contributed by atoms with E-state index in [1.807, 2.05) is 0 Å². The van der Waals surface area contributed by atoms with Crippen LogP contribution >= 0.6 is 0 Å². The van der Waals surface area contributed by atoms with Crippen LogP contribution in [0.3, 0.4) is 0 Å². The molecule has 6 heteroatoms. The van der Waals surface area contributed by atoms with Crippen molar-refractivity contribution in [2.75, 3.05) is 31.7 Å². The first-order valence-corrected chi connectivity index (χ1v) is 8.95. The van der Waals surface area contributed by atoms with Crippen LogP contribution in [0.15, 0.2) is 0 Å². The lowest BCUT2D eigenvalue weighted by molar-refractivity contribution is -0.0755. The second-order valence-corrected chi connectivity index (χ2v) is 8.72. The van der Waals surface area contributed by atoms with Crippen molar-refractivity contribution in [1.29, 1.82) is 0 Å². The first-order chi connectivity index (χ1) is 11.1. The van der Waals surface area contributed by atoms with Gasteiger partial charge in [0.1, 0.15) is 5.82 Å². The number of hydrogen-bond donors (Lipinski definition) is 0. The Morgan fingerprint density at radius 3 is 2.58 bits per heavy atom. The van der Waals surface area contributed by atoms with Crippen molar-refractivity contribution in [3.05, 3.63) is 5.82 Å². The fraction of sp³-hybridized carbons (Fsp3) is 0.889. The first kappa shape index (κ1) is 19.2. The minimum atomic E-state index is -0.175. The van der Waals surface area contributed by atoms with Crippen molar-refractivity contribution in [3.63, 3.8) is 0 Å². The summed E-state index contributed by atoms with van der Waals surface area (Å²) >= 11 is 0. The van der Waals surface area contributed by atoms with E-state index in [0.29, 0.717) is 0 Å². The van der Waals surface area contributed by atoms with Gasteiger partial charge in [0.15, 0.2) is 0 Å². The predicted octanol–water partition coefficient (Wildman–Crippen LogP) is 2.91. The van der Waals surface area contributed by atoms with Gasteiger partial charge in [0.05, 0.1) is 11.7 Å². The molecular weight excluding hydrogens is 304 g/mol. The highest BCUT2D eigenvalue weighted by Gasteiger charge is 2.34. The predicted molar refractivity (Wildman–Crippen MR) is 96.5 cm³/mol. The van der Waals surface area contributed by atoms with Crippen molar-refractivity contribution >= 4 is 5.95 Å². The number of rotatable bonds is 6. The maximum Gasteiger partial charge on any atom is 0.227 e. The van der Waals surface area contributed by atoms with Gasteiger partial charge in [-0.15, -0.1) is 10.2 Å². The zero-order valence-corrected chi connectivity index (χ0v) is 16.4. The van der Waals surface area contributed by atoms with Gasteiger partial charge in [-0.2, -0.15) is 0 Å². The van der Waals surface area contributed by atoms with Gasteiger partial charge in [0.2, 0.25) is 5.95 Å². The second-order valence-electron chi connectivity index (χ2n) is 8.72. The van der Waals surface area contributed by atoms with E-state index in [1.54, 1.807) is 7.11 Å². The summed E-state index contributed by atoms with van der Waals surface area (Å²) in [5, 5.41) is 9.06. The summed E-state index contributed by atoms with van der Waals surface area (Å²) in [4.78, 5) is 2.32. The first-order valence-electron chi connectivity index (χ1n) is 8.95. The number of aromatic nitrogens is 3. The van der Waals surface area contributed by atoms with Gasteiger partial charge in [-0.25, -0.2) is 0 Å². The van der Waals surface area contributed by atoms with E-state index in [4.69, 9.17) is 9.47 Å². The molecule has 138 valence electrons. The van der Waals surface area contributed by atoms with Gasteiger partial charge in [0.25, 0.3) is 0 Å². The normalized spacial score (nSPS) is 21.3. The van der Waals surface area contributed by atoms with E-state index < -0.39 is 0 Å². The molecule has 1 atom stereocenters. The fourth-order valence-electron chi connectivity index (χ4n) is 3.37. The summed E-state index contributed by atoms with van der Waals surface area (Å²) in [6, 6.07) is 0. The Balaban J connectivity index is 2.27. The molecule has 2 heterocycles. The molecule has 1 aromatic rings. The molecule has 0 aliphatic carbocycles. The van der Waals surface area contributed by atoms with Crippen molar-refractivity contribution in [2.45, 2.75) is 72.6 Å². The highest BCUT2D eigenvalue weighted by Crippen LogP contribution is 2.27. The Hall–Kier alpha value is -1.14. The lowest BCUT2D eigenvalue weighted by atomic mass is 9.92. The maximum absolute atomic E-state index is 6.03. The molecule has 1 aliphatic rings. The highest BCUT2D eigenvalue weighted by molar-refractivity contribution is 5.33. The van der Waals surface area contributed by atoms with Gasteiger partial charge in [0, 0.05) is 39.8 Å². The topological polar surface area (TPSA) is 52.4 Å². The molecule has 0 radical (unpaired) electrons. The Kier molecular flexibility index (Phi) is 5.91. The van der Waals surface area contributed by atoms with Crippen molar-refractivity contribution < 1.29 is 9.47 Å². The average molecular weight is 338 g/mol. The van der Waals surface area contributed by atoms with Crippen LogP contribution in [-0.2, 0) is 22.4 Å². The molecule has 0 spiro atoms. The SMILES string of the molecule is COCCCn1c(CC(C)(C)C)nnc1N1C[C@H](C)OC(C)(C)C1. The quantitative estimate of drug-likeness (QED) is 0.747. The molecule has 1 fully saturated rings. The molecule has 0 bridgehead atoms. The summed E-state index contributed by atoms with van der Waals surface area (Å²) in [5.74, 6) is 2.03. The minimum absolute atomic E-state index is 0.175. The monoisotopic (exact) mass is 338 g/mol. The summed E-state index contributed by atoms with van der Waals surface area (Å²) in [7, 11) is 1.75. The number of ether oxygens (including phenoxy) is 2. The van der Waals surface area contributed by atoms with E-state index in [2.05, 4.69) is 61.2 Å². The summed E-state index contributed by atoms with van der Waals surface area (Å²) in [6.07, 6.45) is 2.06. The number of morpholine rings is 1. The molecular formula is C18H34N4O2. The molecule has 6 nitrogen and oxygen atoms in total. The van der Waals surface area contributed by atoms with Crippen LogP contribution in [0.1, 0.15) is 53.8 Å². The zero-order chi connectivity index (χ0) is 18.0. The zero-order valence-electron chi connectivity index (χ0n) is 16.4. The number of hydrogen-bond acceptors (Lipinski definition) is 5. The highest BCUT2D eigenvalue weighted by atomic mass is 16.5. The molecule has 0 unspecified atom stereocenters. The molecule has 0 N–H and O–H groups in total. The number of anilines is 1. The van der Waals surface area contributed by atoms with Gasteiger partial charge in [-0.05, 0) is 32.6 Å². The molecule has 1 saturated heterocycles. The van der Waals surface area contributed by atoms with E-state index in [-0.39, 0.29) is 17.1 Å². The van der Waals surface area contributed by atoms with E-state index in [0.717, 1.165) is 50.9 Å². The molecule has 0 amide bonds. The third-order valence-corrected chi connectivity index (χ3v) is 4.08. The lowest BCUT2D eigenvalue weighted by Gasteiger charge is -2.42. The van der Waals surface area contributed by atoms with Crippen molar-refractivity contribution in [2.24, 2.45) is 5.41 Å². The number of methoxy groups -OCH3 is 1. The molecule has 2 rings (SSSR count). The average Bonchev–Trinajstić information content (AvgIpc) is 2.78. The summed E-state index contributed by atoms with van der Waals surface area (Å²) < 4.78 is 13.5.